The standard InChI is InChI=1S/C20H21NO6/c22-12-16-18(17(23)11-21(16)20(25)26)27-19(24)15-9-5-4-8-14(15)10-13-6-2-1-3-7-13/h1-9,16-18,22-23H,10-12H2,(H,25,26)/t16-,17-,18-/m1/s1. The lowest BCUT2D eigenvalue weighted by Gasteiger charge is -2.24. The molecule has 7 heteroatoms. The predicted molar refractivity (Wildman–Crippen MR) is 96.5 cm³/mol. The third-order valence-electron chi connectivity index (χ3n) is 4.69. The first-order chi connectivity index (χ1) is 13.0. The van der Waals surface area contributed by atoms with Crippen molar-refractivity contribution in [3.8, 4) is 0 Å². The summed E-state index contributed by atoms with van der Waals surface area (Å²) in [6.45, 7) is -0.767. The van der Waals surface area contributed by atoms with Gasteiger partial charge in [-0.25, -0.2) is 9.59 Å². The maximum Gasteiger partial charge on any atom is 0.407 e. The molecular weight excluding hydrogens is 350 g/mol. The van der Waals surface area contributed by atoms with Crippen LogP contribution in [0.15, 0.2) is 54.6 Å². The number of likely N-dealkylation sites (tertiary alicyclic amines) is 1. The summed E-state index contributed by atoms with van der Waals surface area (Å²) in [6.07, 6.45) is -3.06. The van der Waals surface area contributed by atoms with E-state index >= 15 is 0 Å². The number of carbonyl (C=O) groups excluding carboxylic acids is 1. The molecule has 1 heterocycles. The molecule has 0 spiro atoms. The molecule has 1 fully saturated rings. The van der Waals surface area contributed by atoms with Crippen molar-refractivity contribution >= 4 is 12.1 Å². The van der Waals surface area contributed by atoms with Gasteiger partial charge < -0.3 is 20.1 Å². The number of carbonyl (C=O) groups is 2. The Morgan fingerprint density at radius 1 is 1.07 bits per heavy atom. The molecule has 0 aliphatic carbocycles. The summed E-state index contributed by atoms with van der Waals surface area (Å²) in [6, 6.07) is 15.6. The van der Waals surface area contributed by atoms with Crippen LogP contribution in [0.2, 0.25) is 0 Å². The lowest BCUT2D eigenvalue weighted by Crippen LogP contribution is -2.43. The summed E-state index contributed by atoms with van der Waals surface area (Å²) in [5.74, 6) is -0.656. The minimum absolute atomic E-state index is 0.218. The number of hydrogen-bond acceptors (Lipinski definition) is 5. The summed E-state index contributed by atoms with van der Waals surface area (Å²) in [7, 11) is 0. The van der Waals surface area contributed by atoms with Crippen LogP contribution in [0.5, 0.6) is 0 Å². The van der Waals surface area contributed by atoms with Gasteiger partial charge in [0.15, 0.2) is 6.10 Å². The van der Waals surface area contributed by atoms with Gasteiger partial charge in [-0.05, 0) is 23.6 Å². The fourth-order valence-corrected chi connectivity index (χ4v) is 3.33. The highest BCUT2D eigenvalue weighted by molar-refractivity contribution is 5.91. The third-order valence-corrected chi connectivity index (χ3v) is 4.69. The minimum atomic E-state index is -1.28. The fraction of sp³-hybridized carbons (Fsp3) is 0.300. The molecule has 27 heavy (non-hydrogen) atoms. The zero-order valence-electron chi connectivity index (χ0n) is 14.6. The van der Waals surface area contributed by atoms with Crippen molar-refractivity contribution in [2.75, 3.05) is 13.2 Å². The SMILES string of the molecule is O=C(O[C@H]1[C@H](O)CN(C(=O)O)[C@@H]1CO)c1ccccc1Cc1ccccc1. The zero-order chi connectivity index (χ0) is 19.4. The lowest BCUT2D eigenvalue weighted by atomic mass is 10.00. The van der Waals surface area contributed by atoms with Crippen LogP contribution in [-0.2, 0) is 11.2 Å². The van der Waals surface area contributed by atoms with Gasteiger partial charge in [-0.1, -0.05) is 48.5 Å². The van der Waals surface area contributed by atoms with Gasteiger partial charge in [-0.15, -0.1) is 0 Å². The van der Waals surface area contributed by atoms with Crippen LogP contribution in [-0.4, -0.2) is 63.7 Å². The molecule has 2 aromatic rings. The minimum Gasteiger partial charge on any atom is -0.465 e. The summed E-state index contributed by atoms with van der Waals surface area (Å²) in [4.78, 5) is 24.8. The second-order valence-electron chi connectivity index (χ2n) is 6.44. The Bertz CT molecular complexity index is 809. The fourth-order valence-electron chi connectivity index (χ4n) is 3.33. The van der Waals surface area contributed by atoms with Gasteiger partial charge in [0.25, 0.3) is 0 Å². The van der Waals surface area contributed by atoms with Gasteiger partial charge in [-0.3, -0.25) is 4.90 Å². The lowest BCUT2D eigenvalue weighted by molar-refractivity contribution is -0.0173. The Kier molecular flexibility index (Phi) is 5.73. The normalized spacial score (nSPS) is 21.9. The van der Waals surface area contributed by atoms with Crippen molar-refractivity contribution < 1.29 is 29.6 Å². The number of β-amino-alcohol motifs (C(OH)–C–C–N with tert-alkyl or cyclic N) is 1. The summed E-state index contributed by atoms with van der Waals surface area (Å²) >= 11 is 0. The number of carboxylic acid groups (broad SMARTS) is 1. The molecule has 0 radical (unpaired) electrons. The van der Waals surface area contributed by atoms with E-state index in [0.29, 0.717) is 12.0 Å². The molecule has 2 aromatic carbocycles. The van der Waals surface area contributed by atoms with Crippen LogP contribution in [0.3, 0.4) is 0 Å². The molecular formula is C20H21NO6. The van der Waals surface area contributed by atoms with E-state index in [0.717, 1.165) is 16.0 Å². The molecule has 142 valence electrons. The van der Waals surface area contributed by atoms with Crippen molar-refractivity contribution in [2.45, 2.75) is 24.7 Å². The number of nitrogens with zero attached hydrogens (tertiary/aromatic N) is 1. The smallest absolute Gasteiger partial charge is 0.407 e. The van der Waals surface area contributed by atoms with Crippen molar-refractivity contribution in [3.05, 3.63) is 71.3 Å². The molecule has 3 atom stereocenters. The van der Waals surface area contributed by atoms with Crippen molar-refractivity contribution in [2.24, 2.45) is 0 Å². The molecule has 0 saturated carbocycles. The number of benzene rings is 2. The zero-order valence-corrected chi connectivity index (χ0v) is 14.6. The Labute approximate surface area is 156 Å². The van der Waals surface area contributed by atoms with E-state index in [1.165, 1.54) is 0 Å². The van der Waals surface area contributed by atoms with Crippen LogP contribution in [0.25, 0.3) is 0 Å². The van der Waals surface area contributed by atoms with Gasteiger partial charge in [0.05, 0.1) is 24.8 Å². The third kappa shape index (κ3) is 4.10. The van der Waals surface area contributed by atoms with Gasteiger partial charge >= 0.3 is 12.1 Å². The average Bonchev–Trinajstić information content (AvgIpc) is 2.99. The summed E-state index contributed by atoms with van der Waals surface area (Å²) < 4.78 is 5.42. The first-order valence-electron chi connectivity index (χ1n) is 8.62. The Morgan fingerprint density at radius 3 is 2.41 bits per heavy atom. The Morgan fingerprint density at radius 2 is 1.74 bits per heavy atom. The van der Waals surface area contributed by atoms with Crippen molar-refractivity contribution in [1.29, 1.82) is 0 Å². The molecule has 1 amide bonds. The van der Waals surface area contributed by atoms with Gasteiger partial charge in [-0.2, -0.15) is 0 Å². The molecule has 3 rings (SSSR count). The number of rotatable bonds is 5. The molecule has 1 saturated heterocycles. The number of aliphatic hydroxyl groups is 2. The molecule has 0 unspecified atom stereocenters. The van der Waals surface area contributed by atoms with E-state index in [2.05, 4.69) is 0 Å². The topological polar surface area (TPSA) is 107 Å². The highest BCUT2D eigenvalue weighted by atomic mass is 16.6. The summed E-state index contributed by atoms with van der Waals surface area (Å²) in [5.41, 5.74) is 2.14. The van der Waals surface area contributed by atoms with Crippen LogP contribution < -0.4 is 0 Å². The first kappa shape index (κ1) is 18.9. The first-order valence-corrected chi connectivity index (χ1v) is 8.62. The molecule has 0 bridgehead atoms. The van der Waals surface area contributed by atoms with Crippen LogP contribution in [0.4, 0.5) is 4.79 Å². The van der Waals surface area contributed by atoms with E-state index in [9.17, 15) is 24.9 Å². The quantitative estimate of drug-likeness (QED) is 0.688. The largest absolute Gasteiger partial charge is 0.465 e. The van der Waals surface area contributed by atoms with E-state index in [4.69, 9.17) is 4.74 Å². The average molecular weight is 371 g/mol. The van der Waals surface area contributed by atoms with Crippen molar-refractivity contribution in [3.63, 3.8) is 0 Å². The number of aliphatic hydroxyl groups excluding tert-OH is 2. The van der Waals surface area contributed by atoms with Gasteiger partial charge in [0, 0.05) is 0 Å². The predicted octanol–water partition coefficient (Wildman–Crippen LogP) is 1.52. The van der Waals surface area contributed by atoms with Crippen LogP contribution >= 0.6 is 0 Å². The van der Waals surface area contributed by atoms with Gasteiger partial charge in [0.1, 0.15) is 6.10 Å². The number of amides is 1. The van der Waals surface area contributed by atoms with Crippen LogP contribution in [0.1, 0.15) is 21.5 Å². The number of hydrogen-bond donors (Lipinski definition) is 3. The molecule has 0 aromatic heterocycles. The van der Waals surface area contributed by atoms with Crippen LogP contribution in [0, 0.1) is 0 Å². The highest BCUT2D eigenvalue weighted by Gasteiger charge is 2.45. The van der Waals surface area contributed by atoms with Gasteiger partial charge in [0.2, 0.25) is 0 Å². The molecule has 3 N–H and O–H groups in total. The molecule has 1 aliphatic rings. The molecule has 7 nitrogen and oxygen atoms in total. The monoisotopic (exact) mass is 371 g/mol. The Balaban J connectivity index is 1.79. The highest BCUT2D eigenvalue weighted by Crippen LogP contribution is 2.24. The second-order valence-corrected chi connectivity index (χ2v) is 6.44. The van der Waals surface area contributed by atoms with E-state index in [-0.39, 0.29) is 6.54 Å². The number of ether oxygens (including phenoxy) is 1. The van der Waals surface area contributed by atoms with E-state index < -0.39 is 36.9 Å². The second kappa shape index (κ2) is 8.20. The van der Waals surface area contributed by atoms with E-state index in [1.54, 1.807) is 12.1 Å². The van der Waals surface area contributed by atoms with Crippen molar-refractivity contribution in [1.82, 2.24) is 4.90 Å². The Hall–Kier alpha value is -2.90. The molecule has 1 aliphatic heterocycles. The maximum absolute atomic E-state index is 12.7. The van der Waals surface area contributed by atoms with E-state index in [1.807, 2.05) is 42.5 Å². The maximum atomic E-state index is 12.7. The number of esters is 1. The summed E-state index contributed by atoms with van der Waals surface area (Å²) in [5, 5.41) is 28.8.